The SMILES string of the molecule is CCc1cc(O)n2nc(C(=O)N(C)C)nc2n1. The summed E-state index contributed by atoms with van der Waals surface area (Å²) in [6.07, 6.45) is 0.674. The van der Waals surface area contributed by atoms with Gasteiger partial charge in [-0.1, -0.05) is 6.92 Å². The van der Waals surface area contributed by atoms with Crippen molar-refractivity contribution in [1.29, 1.82) is 0 Å². The number of hydrogen-bond donors (Lipinski definition) is 1. The minimum atomic E-state index is -0.326. The molecule has 0 saturated carbocycles. The molecule has 0 fully saturated rings. The van der Waals surface area contributed by atoms with E-state index in [1.54, 1.807) is 14.1 Å². The van der Waals surface area contributed by atoms with Crippen LogP contribution in [0.25, 0.3) is 5.78 Å². The predicted molar refractivity (Wildman–Crippen MR) is 59.8 cm³/mol. The molecule has 0 aromatic carbocycles. The predicted octanol–water partition coefficient (Wildman–Crippen LogP) is 0.0941. The van der Waals surface area contributed by atoms with E-state index in [0.29, 0.717) is 12.1 Å². The van der Waals surface area contributed by atoms with E-state index >= 15 is 0 Å². The van der Waals surface area contributed by atoms with Gasteiger partial charge in [0.05, 0.1) is 0 Å². The van der Waals surface area contributed by atoms with Crippen LogP contribution in [0.5, 0.6) is 5.88 Å². The lowest BCUT2D eigenvalue weighted by atomic mass is 10.3. The van der Waals surface area contributed by atoms with Crippen LogP contribution in [0.4, 0.5) is 0 Å². The minimum absolute atomic E-state index is 0.0195. The molecule has 90 valence electrons. The molecule has 2 aromatic rings. The fourth-order valence-corrected chi connectivity index (χ4v) is 1.37. The molecule has 0 bridgehead atoms. The topological polar surface area (TPSA) is 83.6 Å². The minimum Gasteiger partial charge on any atom is -0.493 e. The van der Waals surface area contributed by atoms with Gasteiger partial charge in [-0.15, -0.1) is 5.10 Å². The van der Waals surface area contributed by atoms with Crippen LogP contribution in [-0.4, -0.2) is 49.6 Å². The molecule has 1 amide bonds. The fraction of sp³-hybridized carbons (Fsp3) is 0.400. The molecule has 2 rings (SSSR count). The summed E-state index contributed by atoms with van der Waals surface area (Å²) in [6.45, 7) is 1.92. The van der Waals surface area contributed by atoms with Crippen LogP contribution < -0.4 is 0 Å². The molecule has 0 saturated heterocycles. The quantitative estimate of drug-likeness (QED) is 0.797. The Labute approximate surface area is 97.7 Å². The summed E-state index contributed by atoms with van der Waals surface area (Å²) in [4.78, 5) is 21.2. The first kappa shape index (κ1) is 11.3. The van der Waals surface area contributed by atoms with Crippen LogP contribution >= 0.6 is 0 Å². The largest absolute Gasteiger partial charge is 0.493 e. The molecule has 0 aliphatic heterocycles. The van der Waals surface area contributed by atoms with Gasteiger partial charge >= 0.3 is 0 Å². The van der Waals surface area contributed by atoms with Gasteiger partial charge in [0.15, 0.2) is 0 Å². The molecule has 17 heavy (non-hydrogen) atoms. The monoisotopic (exact) mass is 235 g/mol. The Kier molecular flexibility index (Phi) is 2.66. The van der Waals surface area contributed by atoms with E-state index in [-0.39, 0.29) is 23.4 Å². The third-order valence-corrected chi connectivity index (χ3v) is 2.31. The summed E-state index contributed by atoms with van der Waals surface area (Å²) in [5, 5.41) is 13.6. The highest BCUT2D eigenvalue weighted by Gasteiger charge is 2.17. The van der Waals surface area contributed by atoms with Crippen LogP contribution in [0.3, 0.4) is 0 Å². The van der Waals surface area contributed by atoms with Gasteiger partial charge in [-0.05, 0) is 6.42 Å². The van der Waals surface area contributed by atoms with Crippen molar-refractivity contribution < 1.29 is 9.90 Å². The highest BCUT2D eigenvalue weighted by Crippen LogP contribution is 2.13. The number of fused-ring (bicyclic) bond motifs is 1. The van der Waals surface area contributed by atoms with Gasteiger partial charge in [-0.25, -0.2) is 4.98 Å². The van der Waals surface area contributed by atoms with E-state index in [1.807, 2.05) is 6.92 Å². The number of carbonyl (C=O) groups excluding carboxylic acids is 1. The lowest BCUT2D eigenvalue weighted by Gasteiger charge is -2.04. The maximum Gasteiger partial charge on any atom is 0.293 e. The van der Waals surface area contributed by atoms with Gasteiger partial charge in [0.2, 0.25) is 11.7 Å². The zero-order valence-corrected chi connectivity index (χ0v) is 9.88. The van der Waals surface area contributed by atoms with Crippen LogP contribution in [0, 0.1) is 0 Å². The van der Waals surface area contributed by atoms with Crippen molar-refractivity contribution in [2.75, 3.05) is 14.1 Å². The van der Waals surface area contributed by atoms with Gasteiger partial charge in [-0.3, -0.25) is 4.79 Å². The second-order valence-electron chi connectivity index (χ2n) is 3.81. The normalized spacial score (nSPS) is 10.8. The van der Waals surface area contributed by atoms with Crippen molar-refractivity contribution in [1.82, 2.24) is 24.5 Å². The molecule has 1 N–H and O–H groups in total. The zero-order valence-electron chi connectivity index (χ0n) is 9.88. The second-order valence-corrected chi connectivity index (χ2v) is 3.81. The van der Waals surface area contributed by atoms with Gasteiger partial charge in [0, 0.05) is 25.9 Å². The number of carbonyl (C=O) groups is 1. The number of aromatic nitrogens is 4. The van der Waals surface area contributed by atoms with Crippen molar-refractivity contribution >= 4 is 11.7 Å². The Hall–Kier alpha value is -2.18. The Bertz CT molecular complexity index is 575. The van der Waals surface area contributed by atoms with E-state index in [2.05, 4.69) is 15.1 Å². The van der Waals surface area contributed by atoms with E-state index in [1.165, 1.54) is 11.0 Å². The summed E-state index contributed by atoms with van der Waals surface area (Å²) in [7, 11) is 3.22. The molecule has 2 aromatic heterocycles. The molecule has 2 heterocycles. The van der Waals surface area contributed by atoms with E-state index in [0.717, 1.165) is 4.52 Å². The number of amides is 1. The number of rotatable bonds is 2. The first-order chi connectivity index (χ1) is 8.02. The molecule has 0 spiro atoms. The van der Waals surface area contributed by atoms with Gasteiger partial charge in [-0.2, -0.15) is 9.50 Å². The molecule has 0 aliphatic rings. The maximum atomic E-state index is 11.7. The Morgan fingerprint density at radius 2 is 2.18 bits per heavy atom. The number of aromatic hydroxyl groups is 1. The Morgan fingerprint density at radius 1 is 1.47 bits per heavy atom. The number of hydrogen-bond acceptors (Lipinski definition) is 5. The third kappa shape index (κ3) is 1.91. The molecule has 0 unspecified atom stereocenters. The number of aryl methyl sites for hydroxylation is 1. The molecule has 7 nitrogen and oxygen atoms in total. The average Bonchev–Trinajstić information content (AvgIpc) is 2.71. The van der Waals surface area contributed by atoms with E-state index in [9.17, 15) is 9.90 Å². The number of nitrogens with zero attached hydrogens (tertiary/aromatic N) is 5. The first-order valence-corrected chi connectivity index (χ1v) is 5.20. The lowest BCUT2D eigenvalue weighted by Crippen LogP contribution is -2.22. The summed E-state index contributed by atoms with van der Waals surface area (Å²) in [5.41, 5.74) is 0.700. The highest BCUT2D eigenvalue weighted by atomic mass is 16.3. The van der Waals surface area contributed by atoms with E-state index in [4.69, 9.17) is 0 Å². The molecule has 0 aliphatic carbocycles. The first-order valence-electron chi connectivity index (χ1n) is 5.20. The highest BCUT2D eigenvalue weighted by molar-refractivity contribution is 5.90. The van der Waals surface area contributed by atoms with Crippen molar-refractivity contribution in [2.45, 2.75) is 13.3 Å². The zero-order chi connectivity index (χ0) is 12.6. The molecular weight excluding hydrogens is 222 g/mol. The summed E-state index contributed by atoms with van der Waals surface area (Å²) in [5.74, 6) is -0.150. The molecule has 0 atom stereocenters. The average molecular weight is 235 g/mol. The third-order valence-electron chi connectivity index (χ3n) is 2.31. The Morgan fingerprint density at radius 3 is 2.76 bits per heavy atom. The van der Waals surface area contributed by atoms with Gasteiger partial charge < -0.3 is 10.0 Å². The van der Waals surface area contributed by atoms with Gasteiger partial charge in [0.1, 0.15) is 0 Å². The molecular formula is C10H13N5O2. The van der Waals surface area contributed by atoms with Crippen molar-refractivity contribution in [3.8, 4) is 5.88 Å². The smallest absolute Gasteiger partial charge is 0.293 e. The van der Waals surface area contributed by atoms with Crippen LogP contribution in [0.1, 0.15) is 23.2 Å². The van der Waals surface area contributed by atoms with Crippen molar-refractivity contribution in [3.63, 3.8) is 0 Å². The summed E-state index contributed by atoms with van der Waals surface area (Å²) in [6, 6.07) is 1.51. The van der Waals surface area contributed by atoms with Crippen molar-refractivity contribution in [3.05, 3.63) is 17.6 Å². The standard InChI is InChI=1S/C10H13N5O2/c1-4-6-5-7(16)15-10(11-6)12-8(13-15)9(17)14(2)3/h5,16H,4H2,1-3H3. The maximum absolute atomic E-state index is 11.7. The fourth-order valence-electron chi connectivity index (χ4n) is 1.37. The van der Waals surface area contributed by atoms with Crippen molar-refractivity contribution in [2.24, 2.45) is 0 Å². The van der Waals surface area contributed by atoms with Gasteiger partial charge in [0.25, 0.3) is 11.7 Å². The molecule has 0 radical (unpaired) electrons. The Balaban J connectivity index is 2.57. The van der Waals surface area contributed by atoms with Crippen LogP contribution in [0.2, 0.25) is 0 Å². The second kappa shape index (κ2) is 4.00. The molecule has 7 heteroatoms. The lowest BCUT2D eigenvalue weighted by molar-refractivity contribution is 0.0816. The van der Waals surface area contributed by atoms with Crippen LogP contribution in [0.15, 0.2) is 6.07 Å². The van der Waals surface area contributed by atoms with Crippen LogP contribution in [-0.2, 0) is 6.42 Å². The summed E-state index contributed by atoms with van der Waals surface area (Å²) < 4.78 is 1.15. The van der Waals surface area contributed by atoms with E-state index < -0.39 is 0 Å². The summed E-state index contributed by atoms with van der Waals surface area (Å²) >= 11 is 0.